The summed E-state index contributed by atoms with van der Waals surface area (Å²) < 4.78 is 53.7. The van der Waals surface area contributed by atoms with E-state index in [1.807, 2.05) is 24.3 Å². The van der Waals surface area contributed by atoms with Gasteiger partial charge in [0.05, 0.1) is 13.2 Å². The predicted molar refractivity (Wildman–Crippen MR) is 106 cm³/mol. The van der Waals surface area contributed by atoms with Gasteiger partial charge in [0.25, 0.3) is 0 Å². The minimum atomic E-state index is -0.694. The standard InChI is InChI=1S/C24H21F3O2/c1-14-12-28-24(29-13-14)17-5-3-16(4-6-17)18-7-8-20(23(27)9-18)19-10-21(25)15(2)22(26)11-19/h3-11,14,24H,12-13H2,1-2H3. The lowest BCUT2D eigenvalue weighted by atomic mass is 9.98. The van der Waals surface area contributed by atoms with Crippen LogP contribution in [0.4, 0.5) is 13.2 Å². The van der Waals surface area contributed by atoms with E-state index < -0.39 is 17.5 Å². The van der Waals surface area contributed by atoms with E-state index in [1.54, 1.807) is 6.07 Å². The third-order valence-corrected chi connectivity index (χ3v) is 5.14. The smallest absolute Gasteiger partial charge is 0.183 e. The van der Waals surface area contributed by atoms with Crippen LogP contribution in [0.5, 0.6) is 0 Å². The van der Waals surface area contributed by atoms with Gasteiger partial charge in [-0.25, -0.2) is 13.2 Å². The maximum absolute atomic E-state index is 14.7. The molecule has 0 aromatic heterocycles. The van der Waals surface area contributed by atoms with Gasteiger partial charge in [-0.3, -0.25) is 0 Å². The van der Waals surface area contributed by atoms with Crippen molar-refractivity contribution in [3.8, 4) is 22.3 Å². The van der Waals surface area contributed by atoms with Crippen LogP contribution in [-0.2, 0) is 9.47 Å². The molecular weight excluding hydrogens is 377 g/mol. The molecule has 4 rings (SSSR count). The maximum Gasteiger partial charge on any atom is 0.183 e. The highest BCUT2D eigenvalue weighted by molar-refractivity contribution is 5.71. The molecule has 29 heavy (non-hydrogen) atoms. The van der Waals surface area contributed by atoms with Crippen LogP contribution in [-0.4, -0.2) is 13.2 Å². The zero-order chi connectivity index (χ0) is 20.5. The van der Waals surface area contributed by atoms with Gasteiger partial charge in [0, 0.05) is 22.6 Å². The van der Waals surface area contributed by atoms with Crippen molar-refractivity contribution in [3.63, 3.8) is 0 Å². The summed E-state index contributed by atoms with van der Waals surface area (Å²) in [5.41, 5.74) is 2.65. The maximum atomic E-state index is 14.7. The Labute approximate surface area is 167 Å². The van der Waals surface area contributed by atoms with Gasteiger partial charge in [0.15, 0.2) is 6.29 Å². The van der Waals surface area contributed by atoms with E-state index in [9.17, 15) is 13.2 Å². The average Bonchev–Trinajstić information content (AvgIpc) is 2.72. The summed E-state index contributed by atoms with van der Waals surface area (Å²) in [6, 6.07) is 14.5. The van der Waals surface area contributed by atoms with Gasteiger partial charge in [-0.05, 0) is 41.8 Å². The topological polar surface area (TPSA) is 18.5 Å². The SMILES string of the molecule is Cc1c(F)cc(-c2ccc(-c3ccc(C4OCC(C)CO4)cc3)cc2F)cc1F. The predicted octanol–water partition coefficient (Wildman–Crippen LogP) is 6.43. The second-order valence-electron chi connectivity index (χ2n) is 7.49. The molecule has 150 valence electrons. The Morgan fingerprint density at radius 2 is 1.28 bits per heavy atom. The molecule has 5 heteroatoms. The molecule has 1 aliphatic rings. The average molecular weight is 398 g/mol. The van der Waals surface area contributed by atoms with Gasteiger partial charge in [-0.15, -0.1) is 0 Å². The molecule has 0 atom stereocenters. The molecule has 1 fully saturated rings. The molecule has 0 bridgehead atoms. The van der Waals surface area contributed by atoms with Gasteiger partial charge in [0.1, 0.15) is 17.5 Å². The van der Waals surface area contributed by atoms with Crippen molar-refractivity contribution in [3.05, 3.63) is 83.2 Å². The zero-order valence-electron chi connectivity index (χ0n) is 16.2. The van der Waals surface area contributed by atoms with Crippen molar-refractivity contribution >= 4 is 0 Å². The first-order valence-corrected chi connectivity index (χ1v) is 9.51. The van der Waals surface area contributed by atoms with Crippen LogP contribution >= 0.6 is 0 Å². The molecule has 1 aliphatic heterocycles. The highest BCUT2D eigenvalue weighted by atomic mass is 19.1. The minimum absolute atomic E-state index is 0.0775. The van der Waals surface area contributed by atoms with Crippen LogP contribution in [0, 0.1) is 30.3 Å². The molecule has 0 aliphatic carbocycles. The summed E-state index contributed by atoms with van der Waals surface area (Å²) in [7, 11) is 0. The molecule has 0 radical (unpaired) electrons. The van der Waals surface area contributed by atoms with Crippen LogP contribution < -0.4 is 0 Å². The first-order valence-electron chi connectivity index (χ1n) is 9.51. The second-order valence-corrected chi connectivity index (χ2v) is 7.49. The molecule has 1 heterocycles. The van der Waals surface area contributed by atoms with Crippen LogP contribution in [0.1, 0.15) is 24.3 Å². The van der Waals surface area contributed by atoms with Crippen LogP contribution in [0.3, 0.4) is 0 Å². The fraction of sp³-hybridized carbons (Fsp3) is 0.250. The van der Waals surface area contributed by atoms with E-state index >= 15 is 0 Å². The molecule has 0 unspecified atom stereocenters. The Morgan fingerprint density at radius 3 is 1.86 bits per heavy atom. The summed E-state index contributed by atoms with van der Waals surface area (Å²) in [6.07, 6.45) is -0.384. The van der Waals surface area contributed by atoms with Gasteiger partial charge in [0.2, 0.25) is 0 Å². The van der Waals surface area contributed by atoms with Gasteiger partial charge < -0.3 is 9.47 Å². The fourth-order valence-electron chi connectivity index (χ4n) is 3.35. The van der Waals surface area contributed by atoms with Crippen molar-refractivity contribution in [2.24, 2.45) is 5.92 Å². The molecule has 2 nitrogen and oxygen atoms in total. The van der Waals surface area contributed by atoms with Crippen molar-refractivity contribution in [1.82, 2.24) is 0 Å². The van der Waals surface area contributed by atoms with Crippen LogP contribution in [0.15, 0.2) is 54.6 Å². The summed E-state index contributed by atoms with van der Waals surface area (Å²) in [4.78, 5) is 0. The number of benzene rings is 3. The minimum Gasteiger partial charge on any atom is -0.348 e. The third-order valence-electron chi connectivity index (χ3n) is 5.14. The second kappa shape index (κ2) is 8.01. The number of ether oxygens (including phenoxy) is 2. The monoisotopic (exact) mass is 398 g/mol. The number of halogens is 3. The molecular formula is C24H21F3O2. The Hall–Kier alpha value is -2.63. The molecule has 3 aromatic rings. The van der Waals surface area contributed by atoms with E-state index in [0.29, 0.717) is 24.7 Å². The quantitative estimate of drug-likeness (QED) is 0.506. The fourth-order valence-corrected chi connectivity index (χ4v) is 3.35. The Balaban J connectivity index is 1.58. The summed E-state index contributed by atoms with van der Waals surface area (Å²) in [5.74, 6) is -1.55. The van der Waals surface area contributed by atoms with Crippen molar-refractivity contribution < 1.29 is 22.6 Å². The van der Waals surface area contributed by atoms with Crippen LogP contribution in [0.25, 0.3) is 22.3 Å². The summed E-state index contributed by atoms with van der Waals surface area (Å²) >= 11 is 0. The molecule has 0 amide bonds. The van der Waals surface area contributed by atoms with Crippen molar-refractivity contribution in [2.75, 3.05) is 13.2 Å². The lowest BCUT2D eigenvalue weighted by molar-refractivity contribution is -0.202. The molecule has 0 saturated carbocycles. The molecule has 0 spiro atoms. The van der Waals surface area contributed by atoms with E-state index in [1.165, 1.54) is 19.1 Å². The van der Waals surface area contributed by atoms with E-state index in [-0.39, 0.29) is 23.0 Å². The van der Waals surface area contributed by atoms with Crippen molar-refractivity contribution in [1.29, 1.82) is 0 Å². The number of rotatable bonds is 3. The number of hydrogen-bond donors (Lipinski definition) is 0. The van der Waals surface area contributed by atoms with Gasteiger partial charge in [-0.1, -0.05) is 43.3 Å². The summed E-state index contributed by atoms with van der Waals surface area (Å²) in [6.45, 7) is 4.72. The van der Waals surface area contributed by atoms with E-state index in [2.05, 4.69) is 6.92 Å². The lowest BCUT2D eigenvalue weighted by Crippen LogP contribution is -2.24. The Morgan fingerprint density at radius 1 is 0.724 bits per heavy atom. The highest BCUT2D eigenvalue weighted by Crippen LogP contribution is 2.31. The Kier molecular flexibility index (Phi) is 5.43. The highest BCUT2D eigenvalue weighted by Gasteiger charge is 2.20. The van der Waals surface area contributed by atoms with Crippen LogP contribution in [0.2, 0.25) is 0 Å². The number of hydrogen-bond acceptors (Lipinski definition) is 2. The van der Waals surface area contributed by atoms with Gasteiger partial charge >= 0.3 is 0 Å². The zero-order valence-corrected chi connectivity index (χ0v) is 16.2. The van der Waals surface area contributed by atoms with Crippen molar-refractivity contribution in [2.45, 2.75) is 20.1 Å². The van der Waals surface area contributed by atoms with E-state index in [0.717, 1.165) is 23.3 Å². The molecule has 1 saturated heterocycles. The molecule has 0 N–H and O–H groups in total. The first kappa shape index (κ1) is 19.7. The third kappa shape index (κ3) is 4.07. The largest absolute Gasteiger partial charge is 0.348 e. The Bertz CT molecular complexity index is 1000. The summed E-state index contributed by atoms with van der Waals surface area (Å²) in [5, 5.41) is 0. The first-order chi connectivity index (χ1) is 13.9. The normalized spacial score (nSPS) is 19.3. The molecule has 3 aromatic carbocycles. The van der Waals surface area contributed by atoms with E-state index in [4.69, 9.17) is 9.47 Å². The lowest BCUT2D eigenvalue weighted by Gasteiger charge is -2.27. The van der Waals surface area contributed by atoms with Gasteiger partial charge in [-0.2, -0.15) is 0 Å².